The van der Waals surface area contributed by atoms with Gasteiger partial charge in [-0.2, -0.15) is 0 Å². The Morgan fingerprint density at radius 3 is 2.06 bits per heavy atom. The normalized spacial score (nSPS) is 18.2. The fourth-order valence-corrected chi connectivity index (χ4v) is 1.67. The van der Waals surface area contributed by atoms with Crippen LogP contribution in [0.4, 0.5) is 4.79 Å². The summed E-state index contributed by atoms with van der Waals surface area (Å²) in [4.78, 5) is 33.8. The van der Waals surface area contributed by atoms with Gasteiger partial charge in [0.1, 0.15) is 0 Å². The molecule has 1 fully saturated rings. The molecule has 1 saturated carbocycles. The number of amides is 3. The number of carbonyl (C=O) groups is 3. The number of carboxylic acid groups (broad SMARTS) is 1. The van der Waals surface area contributed by atoms with Gasteiger partial charge in [0.2, 0.25) is 0 Å². The van der Waals surface area contributed by atoms with Gasteiger partial charge in [0.15, 0.2) is 0 Å². The van der Waals surface area contributed by atoms with Crippen LogP contribution in [-0.2, 0) is 9.59 Å². The highest BCUT2D eigenvalue weighted by atomic mass is 16.4. The van der Waals surface area contributed by atoms with Crippen molar-refractivity contribution in [3.05, 3.63) is 11.1 Å². The van der Waals surface area contributed by atoms with Crippen molar-refractivity contribution in [2.75, 3.05) is 0 Å². The molecular formula is C12H18N2O4. The summed E-state index contributed by atoms with van der Waals surface area (Å²) in [5, 5.41) is 13.6. The van der Waals surface area contributed by atoms with E-state index in [2.05, 4.69) is 10.6 Å². The molecule has 0 aromatic heterocycles. The largest absolute Gasteiger partial charge is 0.478 e. The summed E-state index contributed by atoms with van der Waals surface area (Å²) in [6, 6.07) is -0.584. The number of imide groups is 1. The molecule has 18 heavy (non-hydrogen) atoms. The van der Waals surface area contributed by atoms with Crippen molar-refractivity contribution < 1.29 is 19.5 Å². The predicted molar refractivity (Wildman–Crippen MR) is 64.9 cm³/mol. The van der Waals surface area contributed by atoms with Crippen LogP contribution in [0.15, 0.2) is 11.1 Å². The summed E-state index contributed by atoms with van der Waals surface area (Å²) in [7, 11) is 0. The molecule has 1 aliphatic carbocycles. The maximum absolute atomic E-state index is 11.6. The monoisotopic (exact) mass is 254 g/mol. The molecule has 0 spiro atoms. The number of rotatable bonds is 3. The summed E-state index contributed by atoms with van der Waals surface area (Å²) in [6.07, 6.45) is 2.83. The van der Waals surface area contributed by atoms with Crippen molar-refractivity contribution >= 4 is 17.9 Å². The molecule has 0 aromatic carbocycles. The van der Waals surface area contributed by atoms with Crippen molar-refractivity contribution in [1.29, 1.82) is 0 Å². The Morgan fingerprint density at radius 2 is 1.67 bits per heavy atom. The Balaban J connectivity index is 2.57. The first kappa shape index (κ1) is 14.2. The Hall–Kier alpha value is -1.85. The van der Waals surface area contributed by atoms with E-state index in [-0.39, 0.29) is 16.7 Å². The zero-order chi connectivity index (χ0) is 13.9. The molecule has 0 aliphatic heterocycles. The molecule has 3 amide bonds. The fourth-order valence-electron chi connectivity index (χ4n) is 1.67. The number of aliphatic carboxylic acids is 1. The summed E-state index contributed by atoms with van der Waals surface area (Å²) in [6.45, 7) is 4.60. The molecule has 0 heterocycles. The van der Waals surface area contributed by atoms with E-state index in [0.29, 0.717) is 0 Å². The van der Waals surface area contributed by atoms with Crippen LogP contribution < -0.4 is 10.6 Å². The van der Waals surface area contributed by atoms with E-state index in [1.807, 2.05) is 6.92 Å². The van der Waals surface area contributed by atoms with Gasteiger partial charge < -0.3 is 10.4 Å². The maximum Gasteiger partial charge on any atom is 0.331 e. The van der Waals surface area contributed by atoms with Crippen molar-refractivity contribution in [2.45, 2.75) is 45.6 Å². The van der Waals surface area contributed by atoms with Crippen LogP contribution >= 0.6 is 0 Å². The standard InChI is InChI=1S/C12H18N2O4/c1-7(8(2)10(16)17)9(15)13-11(18)14-12(3)5-4-6-12/h4-6H2,1-3H3,(H,16,17)(H2,13,14,15,18). The minimum atomic E-state index is -1.17. The van der Waals surface area contributed by atoms with Crippen LogP contribution in [0.5, 0.6) is 0 Å². The highest BCUT2D eigenvalue weighted by Crippen LogP contribution is 2.30. The topological polar surface area (TPSA) is 95.5 Å². The van der Waals surface area contributed by atoms with E-state index in [0.717, 1.165) is 19.3 Å². The number of hydrogen-bond donors (Lipinski definition) is 3. The first-order valence-corrected chi connectivity index (χ1v) is 5.79. The Morgan fingerprint density at radius 1 is 1.11 bits per heavy atom. The molecule has 100 valence electrons. The third-order valence-corrected chi connectivity index (χ3v) is 3.32. The van der Waals surface area contributed by atoms with Gasteiger partial charge in [-0.25, -0.2) is 9.59 Å². The third kappa shape index (κ3) is 3.32. The van der Waals surface area contributed by atoms with E-state index in [1.165, 1.54) is 13.8 Å². The lowest BCUT2D eigenvalue weighted by Gasteiger charge is -2.38. The highest BCUT2D eigenvalue weighted by Gasteiger charge is 2.33. The molecule has 0 radical (unpaired) electrons. The summed E-state index contributed by atoms with van der Waals surface area (Å²) in [5.74, 6) is -1.86. The van der Waals surface area contributed by atoms with Gasteiger partial charge in [-0.15, -0.1) is 0 Å². The Labute approximate surface area is 105 Å². The summed E-state index contributed by atoms with van der Waals surface area (Å²) in [5.41, 5.74) is -0.296. The average molecular weight is 254 g/mol. The van der Waals surface area contributed by atoms with Crippen LogP contribution in [-0.4, -0.2) is 28.6 Å². The van der Waals surface area contributed by atoms with Gasteiger partial charge in [-0.05, 0) is 40.0 Å². The second-order valence-corrected chi connectivity index (χ2v) is 4.88. The van der Waals surface area contributed by atoms with Gasteiger partial charge in [0.25, 0.3) is 5.91 Å². The molecule has 6 heteroatoms. The zero-order valence-corrected chi connectivity index (χ0v) is 10.8. The van der Waals surface area contributed by atoms with Crippen molar-refractivity contribution in [3.63, 3.8) is 0 Å². The number of carboxylic acids is 1. The van der Waals surface area contributed by atoms with Crippen LogP contribution in [0.2, 0.25) is 0 Å². The van der Waals surface area contributed by atoms with Crippen molar-refractivity contribution in [3.8, 4) is 0 Å². The smallest absolute Gasteiger partial charge is 0.331 e. The predicted octanol–water partition coefficient (Wildman–Crippen LogP) is 1.18. The molecule has 0 atom stereocenters. The zero-order valence-electron chi connectivity index (χ0n) is 10.8. The second-order valence-electron chi connectivity index (χ2n) is 4.88. The number of urea groups is 1. The molecular weight excluding hydrogens is 236 g/mol. The van der Waals surface area contributed by atoms with E-state index in [1.54, 1.807) is 0 Å². The van der Waals surface area contributed by atoms with E-state index in [9.17, 15) is 14.4 Å². The molecule has 0 bridgehead atoms. The fraction of sp³-hybridized carbons (Fsp3) is 0.583. The average Bonchev–Trinajstić information content (AvgIpc) is 2.24. The Bertz CT molecular complexity index is 422. The minimum Gasteiger partial charge on any atom is -0.478 e. The molecule has 6 nitrogen and oxygen atoms in total. The molecule has 1 aliphatic rings. The van der Waals surface area contributed by atoms with Crippen LogP contribution in [0, 0.1) is 0 Å². The lowest BCUT2D eigenvalue weighted by molar-refractivity contribution is -0.133. The third-order valence-electron chi connectivity index (χ3n) is 3.32. The molecule has 1 rings (SSSR count). The minimum absolute atomic E-state index is 0.0245. The summed E-state index contributed by atoms with van der Waals surface area (Å²) >= 11 is 0. The lowest BCUT2D eigenvalue weighted by Crippen LogP contribution is -2.55. The molecule has 0 saturated heterocycles. The second kappa shape index (κ2) is 5.20. The van der Waals surface area contributed by atoms with E-state index in [4.69, 9.17) is 5.11 Å². The SMILES string of the molecule is CC(C(=O)O)=C(C)C(=O)NC(=O)NC1(C)CCC1. The van der Waals surface area contributed by atoms with Crippen LogP contribution in [0.1, 0.15) is 40.0 Å². The van der Waals surface area contributed by atoms with Crippen molar-refractivity contribution in [2.24, 2.45) is 0 Å². The molecule has 0 aromatic rings. The first-order valence-electron chi connectivity index (χ1n) is 5.79. The van der Waals surface area contributed by atoms with Crippen LogP contribution in [0.3, 0.4) is 0 Å². The number of carbonyl (C=O) groups excluding carboxylic acids is 2. The number of hydrogen-bond acceptors (Lipinski definition) is 3. The summed E-state index contributed by atoms with van der Waals surface area (Å²) < 4.78 is 0. The van der Waals surface area contributed by atoms with E-state index < -0.39 is 17.9 Å². The van der Waals surface area contributed by atoms with Gasteiger partial charge in [-0.1, -0.05) is 0 Å². The lowest BCUT2D eigenvalue weighted by atomic mass is 9.79. The number of nitrogens with one attached hydrogen (secondary N) is 2. The maximum atomic E-state index is 11.6. The van der Waals surface area contributed by atoms with Gasteiger partial charge >= 0.3 is 12.0 Å². The highest BCUT2D eigenvalue weighted by molar-refractivity contribution is 6.07. The van der Waals surface area contributed by atoms with Crippen molar-refractivity contribution in [1.82, 2.24) is 10.6 Å². The molecule has 0 unspecified atom stereocenters. The molecule has 3 N–H and O–H groups in total. The van der Waals surface area contributed by atoms with E-state index >= 15 is 0 Å². The first-order chi connectivity index (χ1) is 8.25. The quantitative estimate of drug-likeness (QED) is 0.659. The van der Waals surface area contributed by atoms with Crippen LogP contribution in [0.25, 0.3) is 0 Å². The van der Waals surface area contributed by atoms with Gasteiger partial charge in [0.05, 0.1) is 0 Å². The van der Waals surface area contributed by atoms with Gasteiger partial charge in [-0.3, -0.25) is 10.1 Å². The van der Waals surface area contributed by atoms with Gasteiger partial charge in [0, 0.05) is 16.7 Å². The Kier molecular flexibility index (Phi) is 4.11.